The van der Waals surface area contributed by atoms with Crippen LogP contribution >= 0.6 is 0 Å². The van der Waals surface area contributed by atoms with Crippen molar-refractivity contribution in [3.05, 3.63) is 54.4 Å². The van der Waals surface area contributed by atoms with E-state index in [9.17, 15) is 9.90 Å². The summed E-state index contributed by atoms with van der Waals surface area (Å²) in [7, 11) is 0. The molecule has 0 bridgehead atoms. The first-order valence-corrected chi connectivity index (χ1v) is 7.33. The lowest BCUT2D eigenvalue weighted by Gasteiger charge is -2.09. The van der Waals surface area contributed by atoms with Crippen LogP contribution in [0.3, 0.4) is 0 Å². The summed E-state index contributed by atoms with van der Waals surface area (Å²) in [4.78, 5) is 15.9. The number of aromatic nitrogens is 1. The minimum atomic E-state index is -0.365. The maximum atomic E-state index is 11.9. The highest BCUT2D eigenvalue weighted by Crippen LogP contribution is 2.20. The molecule has 1 aromatic heterocycles. The molecule has 1 amide bonds. The van der Waals surface area contributed by atoms with Crippen LogP contribution in [0.1, 0.15) is 30.1 Å². The van der Waals surface area contributed by atoms with E-state index >= 15 is 0 Å². The fourth-order valence-electron chi connectivity index (χ4n) is 1.88. The van der Waals surface area contributed by atoms with Gasteiger partial charge in [0.1, 0.15) is 11.5 Å². The van der Waals surface area contributed by atoms with E-state index in [1.165, 1.54) is 0 Å². The normalized spacial score (nSPS) is 11.7. The summed E-state index contributed by atoms with van der Waals surface area (Å²) in [6.07, 6.45) is 4.19. The molecule has 2 rings (SSSR count). The molecular weight excluding hydrogens is 280 g/mol. The quantitative estimate of drug-likeness (QED) is 0.825. The van der Waals surface area contributed by atoms with Gasteiger partial charge < -0.3 is 15.2 Å². The number of amides is 1. The van der Waals surface area contributed by atoms with Crippen molar-refractivity contribution in [3.63, 3.8) is 0 Å². The maximum absolute atomic E-state index is 11.9. The first kappa shape index (κ1) is 16.0. The van der Waals surface area contributed by atoms with Crippen molar-refractivity contribution in [2.24, 2.45) is 0 Å². The minimum absolute atomic E-state index is 0.156. The number of hydrogen-bond donors (Lipinski definition) is 2. The molecule has 2 aromatic rings. The number of carbonyl (C=O) groups excluding carboxylic acids is 1. The van der Waals surface area contributed by atoms with Gasteiger partial charge in [0.15, 0.2) is 0 Å². The average molecular weight is 300 g/mol. The van der Waals surface area contributed by atoms with Gasteiger partial charge in [-0.2, -0.15) is 0 Å². The zero-order valence-electron chi connectivity index (χ0n) is 12.5. The first-order chi connectivity index (χ1) is 10.7. The number of benzene rings is 1. The van der Waals surface area contributed by atoms with E-state index in [1.807, 2.05) is 13.0 Å². The number of nitrogens with zero attached hydrogens (tertiary/aromatic N) is 1. The van der Waals surface area contributed by atoms with Crippen LogP contribution in [0.4, 0.5) is 0 Å². The minimum Gasteiger partial charge on any atom is -0.456 e. The lowest BCUT2D eigenvalue weighted by atomic mass is 10.2. The number of aliphatic hydroxyl groups is 1. The van der Waals surface area contributed by atoms with Gasteiger partial charge in [-0.15, -0.1) is 0 Å². The predicted octanol–water partition coefficient (Wildman–Crippen LogP) is 2.76. The molecule has 0 saturated heterocycles. The predicted molar refractivity (Wildman–Crippen MR) is 84.0 cm³/mol. The molecule has 0 aliphatic heterocycles. The number of hydrogen-bond acceptors (Lipinski definition) is 4. The van der Waals surface area contributed by atoms with E-state index in [0.29, 0.717) is 36.4 Å². The summed E-state index contributed by atoms with van der Waals surface area (Å²) in [6.45, 7) is 2.37. The summed E-state index contributed by atoms with van der Waals surface area (Å²) in [6, 6.07) is 10.5. The van der Waals surface area contributed by atoms with Gasteiger partial charge in [0, 0.05) is 18.3 Å². The van der Waals surface area contributed by atoms with Gasteiger partial charge in [-0.25, -0.2) is 0 Å². The molecule has 1 unspecified atom stereocenters. The van der Waals surface area contributed by atoms with Gasteiger partial charge in [0.25, 0.3) is 5.91 Å². The van der Waals surface area contributed by atoms with Crippen LogP contribution in [-0.2, 0) is 0 Å². The molecule has 0 saturated carbocycles. The summed E-state index contributed by atoms with van der Waals surface area (Å²) < 4.78 is 5.61. The Morgan fingerprint density at radius 1 is 1.27 bits per heavy atom. The maximum Gasteiger partial charge on any atom is 0.251 e. The van der Waals surface area contributed by atoms with Crippen LogP contribution in [-0.4, -0.2) is 28.6 Å². The Morgan fingerprint density at radius 2 is 2.05 bits per heavy atom. The second-order valence-corrected chi connectivity index (χ2v) is 4.92. The smallest absolute Gasteiger partial charge is 0.251 e. The average Bonchev–Trinajstić information content (AvgIpc) is 2.56. The molecule has 0 aliphatic carbocycles. The van der Waals surface area contributed by atoms with Gasteiger partial charge in [0.2, 0.25) is 0 Å². The fraction of sp³-hybridized carbons (Fsp3) is 0.294. The standard InChI is InChI=1S/C17H20N2O3/c1-2-14(20)9-11-19-17(21)13-5-7-15(8-6-13)22-16-4-3-10-18-12-16/h3-8,10,12,14,20H,2,9,11H2,1H3,(H,19,21). The summed E-state index contributed by atoms with van der Waals surface area (Å²) in [5, 5.41) is 12.2. The molecule has 5 heteroatoms. The topological polar surface area (TPSA) is 71.5 Å². The van der Waals surface area contributed by atoms with E-state index in [2.05, 4.69) is 10.3 Å². The zero-order valence-corrected chi connectivity index (χ0v) is 12.5. The van der Waals surface area contributed by atoms with Crippen LogP contribution in [0.5, 0.6) is 11.5 Å². The second-order valence-electron chi connectivity index (χ2n) is 4.92. The number of nitrogens with one attached hydrogen (secondary N) is 1. The number of rotatable bonds is 7. The number of pyridine rings is 1. The monoisotopic (exact) mass is 300 g/mol. The van der Waals surface area contributed by atoms with Crippen LogP contribution in [0, 0.1) is 0 Å². The van der Waals surface area contributed by atoms with Crippen LogP contribution in [0.2, 0.25) is 0 Å². The van der Waals surface area contributed by atoms with E-state index < -0.39 is 0 Å². The van der Waals surface area contributed by atoms with Gasteiger partial charge in [-0.1, -0.05) is 6.92 Å². The Morgan fingerprint density at radius 3 is 2.68 bits per heavy atom. The lowest BCUT2D eigenvalue weighted by Crippen LogP contribution is -2.26. The molecule has 22 heavy (non-hydrogen) atoms. The van der Waals surface area contributed by atoms with Gasteiger partial charge in [0.05, 0.1) is 12.3 Å². The third-order valence-electron chi connectivity index (χ3n) is 3.22. The van der Waals surface area contributed by atoms with Crippen molar-refractivity contribution in [2.45, 2.75) is 25.9 Å². The van der Waals surface area contributed by atoms with Crippen molar-refractivity contribution < 1.29 is 14.6 Å². The van der Waals surface area contributed by atoms with Gasteiger partial charge in [-0.3, -0.25) is 9.78 Å². The first-order valence-electron chi connectivity index (χ1n) is 7.33. The number of aliphatic hydroxyl groups excluding tert-OH is 1. The zero-order chi connectivity index (χ0) is 15.8. The van der Waals surface area contributed by atoms with Crippen molar-refractivity contribution in [1.82, 2.24) is 10.3 Å². The summed E-state index contributed by atoms with van der Waals surface area (Å²) in [5.41, 5.74) is 0.560. The van der Waals surface area contributed by atoms with Crippen molar-refractivity contribution in [1.29, 1.82) is 0 Å². The molecule has 5 nitrogen and oxygen atoms in total. The number of carbonyl (C=O) groups is 1. The Balaban J connectivity index is 1.87. The molecule has 116 valence electrons. The molecule has 0 radical (unpaired) electrons. The van der Waals surface area contributed by atoms with Gasteiger partial charge >= 0.3 is 0 Å². The van der Waals surface area contributed by atoms with Crippen molar-refractivity contribution >= 4 is 5.91 Å². The number of ether oxygens (including phenoxy) is 1. The Hall–Kier alpha value is -2.40. The molecule has 1 aromatic carbocycles. The highest BCUT2D eigenvalue weighted by molar-refractivity contribution is 5.94. The van der Waals surface area contributed by atoms with Crippen LogP contribution in [0.15, 0.2) is 48.8 Å². The Kier molecular flexibility index (Phi) is 5.91. The summed E-state index contributed by atoms with van der Waals surface area (Å²) >= 11 is 0. The third kappa shape index (κ3) is 4.86. The van der Waals surface area contributed by atoms with E-state index in [4.69, 9.17) is 4.74 Å². The molecule has 1 heterocycles. The molecule has 0 fully saturated rings. The Labute approximate surface area is 130 Å². The molecule has 0 aliphatic rings. The molecule has 1 atom stereocenters. The Bertz CT molecular complexity index is 585. The molecule has 0 spiro atoms. The van der Waals surface area contributed by atoms with E-state index in [-0.39, 0.29) is 12.0 Å². The van der Waals surface area contributed by atoms with Crippen molar-refractivity contribution in [3.8, 4) is 11.5 Å². The highest BCUT2D eigenvalue weighted by atomic mass is 16.5. The molecule has 2 N–H and O–H groups in total. The SMILES string of the molecule is CCC(O)CCNC(=O)c1ccc(Oc2cccnc2)cc1. The largest absolute Gasteiger partial charge is 0.456 e. The highest BCUT2D eigenvalue weighted by Gasteiger charge is 2.07. The van der Waals surface area contributed by atoms with Gasteiger partial charge in [-0.05, 0) is 49.2 Å². The lowest BCUT2D eigenvalue weighted by molar-refractivity contribution is 0.0942. The second kappa shape index (κ2) is 8.14. The van der Waals surface area contributed by atoms with E-state index in [1.54, 1.807) is 42.7 Å². The van der Waals surface area contributed by atoms with E-state index in [0.717, 1.165) is 0 Å². The molecular formula is C17H20N2O3. The van der Waals surface area contributed by atoms with Crippen LogP contribution < -0.4 is 10.1 Å². The van der Waals surface area contributed by atoms with Crippen molar-refractivity contribution in [2.75, 3.05) is 6.54 Å². The van der Waals surface area contributed by atoms with Crippen LogP contribution in [0.25, 0.3) is 0 Å². The fourth-order valence-corrected chi connectivity index (χ4v) is 1.88. The summed E-state index contributed by atoms with van der Waals surface area (Å²) in [5.74, 6) is 1.13. The third-order valence-corrected chi connectivity index (χ3v) is 3.22.